The third-order valence-corrected chi connectivity index (χ3v) is 5.77. The van der Waals surface area contributed by atoms with Crippen LogP contribution < -0.4 is 10.1 Å². The number of H-pyrrole nitrogens is 1. The average Bonchev–Trinajstić information content (AvgIpc) is 3.41. The van der Waals surface area contributed by atoms with Gasteiger partial charge in [-0.05, 0) is 37.3 Å². The van der Waals surface area contributed by atoms with Crippen LogP contribution in [0.4, 0.5) is 10.2 Å². The Morgan fingerprint density at radius 3 is 2.82 bits per heavy atom. The molecular formula is C24H21FN6O3. The Labute approximate surface area is 193 Å². The number of aryl methyl sites for hydroxylation is 1. The molecule has 0 amide bonds. The van der Waals surface area contributed by atoms with E-state index in [1.165, 1.54) is 12.4 Å². The zero-order valence-electron chi connectivity index (χ0n) is 18.5. The predicted octanol–water partition coefficient (Wildman–Crippen LogP) is 4.24. The molecule has 0 fully saturated rings. The van der Waals surface area contributed by atoms with E-state index in [1.807, 2.05) is 17.6 Å². The number of aromatic amines is 1. The summed E-state index contributed by atoms with van der Waals surface area (Å²) in [6, 6.07) is 12.1. The van der Waals surface area contributed by atoms with Crippen LogP contribution in [0.15, 0.2) is 48.8 Å². The third kappa shape index (κ3) is 3.68. The molecule has 0 saturated heterocycles. The van der Waals surface area contributed by atoms with E-state index in [1.54, 1.807) is 37.4 Å². The van der Waals surface area contributed by atoms with Crippen LogP contribution in [0.1, 0.15) is 16.2 Å². The predicted molar refractivity (Wildman–Crippen MR) is 126 cm³/mol. The molecule has 5 rings (SSSR count). The molecule has 3 heterocycles. The van der Waals surface area contributed by atoms with E-state index >= 15 is 0 Å². The summed E-state index contributed by atoms with van der Waals surface area (Å²) in [6.07, 6.45) is 1.46. The van der Waals surface area contributed by atoms with Crippen LogP contribution in [0.25, 0.3) is 33.1 Å². The van der Waals surface area contributed by atoms with Gasteiger partial charge in [-0.2, -0.15) is 5.10 Å². The number of methoxy groups -OCH3 is 1. The Morgan fingerprint density at radius 2 is 2.03 bits per heavy atom. The number of hydrogen-bond donors (Lipinski definition) is 3. The molecule has 0 aliphatic heterocycles. The molecule has 0 bridgehead atoms. The van der Waals surface area contributed by atoms with Gasteiger partial charge in [0.1, 0.15) is 23.7 Å². The first-order valence-corrected chi connectivity index (χ1v) is 10.6. The standard InChI is InChI=1S/C24H21FN6O3/c1-13-9-16-20(34-2)6-5-17(25)23(16)31(13)8-7-26-21-11-18(27-12-28-21)14-3-4-15-19(10-14)29-30-22(15)24(32)33/h3-6,9-12H,7-8H2,1-2H3,(H,29,30)(H,32,33)(H,26,27,28). The second kappa shape index (κ2) is 8.47. The van der Waals surface area contributed by atoms with E-state index in [9.17, 15) is 14.3 Å². The van der Waals surface area contributed by atoms with Gasteiger partial charge >= 0.3 is 5.97 Å². The zero-order chi connectivity index (χ0) is 23.8. The van der Waals surface area contributed by atoms with E-state index in [0.717, 1.165) is 16.6 Å². The fourth-order valence-electron chi connectivity index (χ4n) is 4.16. The van der Waals surface area contributed by atoms with Crippen molar-refractivity contribution >= 4 is 33.6 Å². The summed E-state index contributed by atoms with van der Waals surface area (Å²) < 4.78 is 21.9. The first kappa shape index (κ1) is 21.4. The zero-order valence-corrected chi connectivity index (χ0v) is 18.5. The van der Waals surface area contributed by atoms with Gasteiger partial charge < -0.3 is 19.7 Å². The van der Waals surface area contributed by atoms with Crippen molar-refractivity contribution in [2.75, 3.05) is 19.0 Å². The number of carbonyl (C=O) groups is 1. The van der Waals surface area contributed by atoms with Crippen LogP contribution in [0.2, 0.25) is 0 Å². The van der Waals surface area contributed by atoms with Crippen LogP contribution >= 0.6 is 0 Å². The van der Waals surface area contributed by atoms with Crippen molar-refractivity contribution in [3.05, 3.63) is 66.0 Å². The molecule has 10 heteroatoms. The van der Waals surface area contributed by atoms with Crippen LogP contribution in [-0.2, 0) is 6.54 Å². The number of halogens is 1. The number of carboxylic acid groups (broad SMARTS) is 1. The molecule has 0 aliphatic carbocycles. The quantitative estimate of drug-likeness (QED) is 0.332. The van der Waals surface area contributed by atoms with Crippen molar-refractivity contribution in [1.82, 2.24) is 24.7 Å². The summed E-state index contributed by atoms with van der Waals surface area (Å²) in [5.74, 6) is -0.130. The maximum atomic E-state index is 14.6. The Bertz CT molecular complexity index is 1540. The molecule has 0 spiro atoms. The summed E-state index contributed by atoms with van der Waals surface area (Å²) in [5, 5.41) is 20.4. The van der Waals surface area contributed by atoms with Crippen LogP contribution in [0, 0.1) is 12.7 Å². The van der Waals surface area contributed by atoms with E-state index in [0.29, 0.717) is 46.8 Å². The minimum absolute atomic E-state index is 0.0199. The Balaban J connectivity index is 1.35. The highest BCUT2D eigenvalue weighted by molar-refractivity contribution is 6.01. The molecule has 3 aromatic heterocycles. The molecule has 0 saturated carbocycles. The molecule has 0 radical (unpaired) electrons. The Kier molecular flexibility index (Phi) is 5.33. The Morgan fingerprint density at radius 1 is 1.18 bits per heavy atom. The number of nitrogens with one attached hydrogen (secondary N) is 2. The maximum Gasteiger partial charge on any atom is 0.357 e. The van der Waals surface area contributed by atoms with Gasteiger partial charge in [0.15, 0.2) is 5.69 Å². The third-order valence-electron chi connectivity index (χ3n) is 5.77. The van der Waals surface area contributed by atoms with E-state index in [-0.39, 0.29) is 11.5 Å². The smallest absolute Gasteiger partial charge is 0.357 e. The van der Waals surface area contributed by atoms with Crippen molar-refractivity contribution in [3.8, 4) is 17.0 Å². The summed E-state index contributed by atoms with van der Waals surface area (Å²) >= 11 is 0. The van der Waals surface area contributed by atoms with Crippen LogP contribution in [0.3, 0.4) is 0 Å². The summed E-state index contributed by atoms with van der Waals surface area (Å²) in [5.41, 5.74) is 3.49. The number of fused-ring (bicyclic) bond motifs is 2. The lowest BCUT2D eigenvalue weighted by Gasteiger charge is -2.11. The number of carboxylic acids is 1. The first-order chi connectivity index (χ1) is 16.5. The molecule has 0 unspecified atom stereocenters. The normalized spacial score (nSPS) is 11.3. The SMILES string of the molecule is COc1ccc(F)c2c1cc(C)n2CCNc1cc(-c2ccc3c(C(=O)O)n[nH]c3c2)ncn1. The van der Waals surface area contributed by atoms with Gasteiger partial charge in [-0.1, -0.05) is 6.07 Å². The lowest BCUT2D eigenvalue weighted by molar-refractivity contribution is 0.0692. The highest BCUT2D eigenvalue weighted by Gasteiger charge is 2.15. The lowest BCUT2D eigenvalue weighted by atomic mass is 10.1. The minimum atomic E-state index is -1.09. The lowest BCUT2D eigenvalue weighted by Crippen LogP contribution is -2.13. The highest BCUT2D eigenvalue weighted by Crippen LogP contribution is 2.31. The molecule has 0 aliphatic rings. The van der Waals surface area contributed by atoms with Gasteiger partial charge in [0.05, 0.1) is 23.8 Å². The summed E-state index contributed by atoms with van der Waals surface area (Å²) in [6.45, 7) is 2.97. The minimum Gasteiger partial charge on any atom is -0.496 e. The van der Waals surface area contributed by atoms with Crippen molar-refractivity contribution in [2.24, 2.45) is 0 Å². The van der Waals surface area contributed by atoms with Crippen LogP contribution in [-0.4, -0.2) is 49.5 Å². The number of nitrogens with zero attached hydrogens (tertiary/aromatic N) is 4. The van der Waals surface area contributed by atoms with E-state index < -0.39 is 5.97 Å². The van der Waals surface area contributed by atoms with Gasteiger partial charge in [-0.3, -0.25) is 5.10 Å². The second-order valence-electron chi connectivity index (χ2n) is 7.80. The van der Waals surface area contributed by atoms with Crippen molar-refractivity contribution in [2.45, 2.75) is 13.5 Å². The molecule has 9 nitrogen and oxygen atoms in total. The largest absolute Gasteiger partial charge is 0.496 e. The molecule has 0 atom stereocenters. The molecule has 3 N–H and O–H groups in total. The number of rotatable bonds is 7. The van der Waals surface area contributed by atoms with E-state index in [4.69, 9.17) is 4.74 Å². The van der Waals surface area contributed by atoms with Gasteiger partial charge in [0, 0.05) is 41.2 Å². The van der Waals surface area contributed by atoms with Gasteiger partial charge in [0.25, 0.3) is 0 Å². The number of ether oxygens (including phenoxy) is 1. The van der Waals surface area contributed by atoms with E-state index in [2.05, 4.69) is 25.5 Å². The summed E-state index contributed by atoms with van der Waals surface area (Å²) in [4.78, 5) is 19.9. The maximum absolute atomic E-state index is 14.6. The molecule has 172 valence electrons. The van der Waals surface area contributed by atoms with Crippen molar-refractivity contribution in [1.29, 1.82) is 0 Å². The fourth-order valence-corrected chi connectivity index (χ4v) is 4.16. The van der Waals surface area contributed by atoms with Gasteiger partial charge in [-0.15, -0.1) is 0 Å². The molecule has 34 heavy (non-hydrogen) atoms. The number of anilines is 1. The number of hydrogen-bond acceptors (Lipinski definition) is 6. The van der Waals surface area contributed by atoms with Gasteiger partial charge in [0.2, 0.25) is 0 Å². The summed E-state index contributed by atoms with van der Waals surface area (Å²) in [7, 11) is 1.57. The van der Waals surface area contributed by atoms with Gasteiger partial charge in [-0.25, -0.2) is 19.2 Å². The van der Waals surface area contributed by atoms with Crippen molar-refractivity contribution < 1.29 is 19.0 Å². The number of aromatic carboxylic acids is 1. The molecule has 2 aromatic carbocycles. The topological polar surface area (TPSA) is 118 Å². The number of aromatic nitrogens is 5. The van der Waals surface area contributed by atoms with Crippen molar-refractivity contribution in [3.63, 3.8) is 0 Å². The monoisotopic (exact) mass is 460 g/mol. The number of benzene rings is 2. The molecular weight excluding hydrogens is 439 g/mol. The van der Waals surface area contributed by atoms with Crippen LogP contribution in [0.5, 0.6) is 5.75 Å². The fraction of sp³-hybridized carbons (Fsp3) is 0.167. The second-order valence-corrected chi connectivity index (χ2v) is 7.80. The first-order valence-electron chi connectivity index (χ1n) is 10.6. The Hall–Kier alpha value is -4.47. The molecule has 5 aromatic rings. The highest BCUT2D eigenvalue weighted by atomic mass is 19.1. The average molecular weight is 460 g/mol.